The van der Waals surface area contributed by atoms with Gasteiger partial charge in [0.1, 0.15) is 0 Å². The summed E-state index contributed by atoms with van der Waals surface area (Å²) in [6, 6.07) is 1.72. The topological polar surface area (TPSA) is 62.4 Å². The zero-order valence-corrected chi connectivity index (χ0v) is 10.7. The van der Waals surface area contributed by atoms with Crippen LogP contribution < -0.4 is 10.6 Å². The molecule has 2 rings (SSSR count). The minimum Gasteiger partial charge on any atom is -0.396 e. The number of pyridine rings is 1. The van der Waals surface area contributed by atoms with E-state index in [1.807, 2.05) is 6.92 Å². The molecule has 0 saturated carbocycles. The summed E-state index contributed by atoms with van der Waals surface area (Å²) >= 11 is 5.83. The Balaban J connectivity index is 2.17. The first kappa shape index (κ1) is 12.5. The molecular weight excluding hydrogens is 238 g/mol. The normalized spacial score (nSPS) is 25.7. The molecule has 1 fully saturated rings. The van der Waals surface area contributed by atoms with Crippen LogP contribution in [0.25, 0.3) is 0 Å². The molecule has 1 aromatic heterocycles. The van der Waals surface area contributed by atoms with Crippen LogP contribution in [0.5, 0.6) is 0 Å². The largest absolute Gasteiger partial charge is 0.396 e. The van der Waals surface area contributed by atoms with E-state index < -0.39 is 5.60 Å². The van der Waals surface area contributed by atoms with Gasteiger partial charge in [-0.1, -0.05) is 11.6 Å². The number of nitrogen functional groups attached to an aromatic ring is 1. The van der Waals surface area contributed by atoms with Crippen LogP contribution >= 0.6 is 11.6 Å². The second kappa shape index (κ2) is 4.70. The highest BCUT2D eigenvalue weighted by Crippen LogP contribution is 2.28. The lowest BCUT2D eigenvalue weighted by molar-refractivity contribution is 0.0481. The van der Waals surface area contributed by atoms with E-state index in [0.29, 0.717) is 10.7 Å². The third kappa shape index (κ3) is 3.01. The van der Waals surface area contributed by atoms with Crippen LogP contribution in [0.1, 0.15) is 26.2 Å². The van der Waals surface area contributed by atoms with Gasteiger partial charge in [0.25, 0.3) is 0 Å². The van der Waals surface area contributed by atoms with Crippen molar-refractivity contribution in [2.45, 2.75) is 31.8 Å². The van der Waals surface area contributed by atoms with Gasteiger partial charge < -0.3 is 15.7 Å². The number of anilines is 2. The molecule has 1 unspecified atom stereocenters. The van der Waals surface area contributed by atoms with Crippen LogP contribution in [0.4, 0.5) is 11.5 Å². The van der Waals surface area contributed by atoms with E-state index in [9.17, 15) is 5.11 Å². The van der Waals surface area contributed by atoms with Crippen molar-refractivity contribution in [3.63, 3.8) is 0 Å². The van der Waals surface area contributed by atoms with Gasteiger partial charge >= 0.3 is 0 Å². The molecule has 0 bridgehead atoms. The first-order chi connectivity index (χ1) is 7.98. The molecule has 0 aromatic carbocycles. The van der Waals surface area contributed by atoms with E-state index >= 15 is 0 Å². The van der Waals surface area contributed by atoms with E-state index in [0.717, 1.165) is 38.2 Å². The standard InChI is InChI=1S/C12H18ClN3O/c1-12(17)3-2-5-16(6-4-12)11-10(14)7-9(13)8-15-11/h7-8,17H,2-6,14H2,1H3. The highest BCUT2D eigenvalue weighted by Gasteiger charge is 2.26. The van der Waals surface area contributed by atoms with Gasteiger partial charge in [-0.2, -0.15) is 0 Å². The summed E-state index contributed by atoms with van der Waals surface area (Å²) in [5, 5.41) is 10.6. The van der Waals surface area contributed by atoms with Crippen molar-refractivity contribution >= 4 is 23.1 Å². The summed E-state index contributed by atoms with van der Waals surface area (Å²) < 4.78 is 0. The van der Waals surface area contributed by atoms with Crippen LogP contribution in [0, 0.1) is 0 Å². The maximum atomic E-state index is 10.0. The number of nitrogens with two attached hydrogens (primary N) is 1. The van der Waals surface area contributed by atoms with E-state index in [4.69, 9.17) is 17.3 Å². The molecule has 2 heterocycles. The van der Waals surface area contributed by atoms with Crippen LogP contribution in [0.2, 0.25) is 5.02 Å². The molecular formula is C12H18ClN3O. The molecule has 1 saturated heterocycles. The number of aromatic nitrogens is 1. The van der Waals surface area contributed by atoms with Crippen LogP contribution in [-0.4, -0.2) is 28.8 Å². The third-order valence-corrected chi connectivity index (χ3v) is 3.43. The minimum atomic E-state index is -0.573. The van der Waals surface area contributed by atoms with Crippen molar-refractivity contribution < 1.29 is 5.11 Å². The Kier molecular flexibility index (Phi) is 3.45. The number of hydrogen-bond donors (Lipinski definition) is 2. The Morgan fingerprint density at radius 2 is 2.24 bits per heavy atom. The van der Waals surface area contributed by atoms with Gasteiger partial charge in [0.05, 0.1) is 16.3 Å². The number of nitrogens with zero attached hydrogens (tertiary/aromatic N) is 2. The quantitative estimate of drug-likeness (QED) is 0.806. The van der Waals surface area contributed by atoms with Gasteiger partial charge in [-0.25, -0.2) is 4.98 Å². The predicted molar refractivity (Wildman–Crippen MR) is 70.3 cm³/mol. The van der Waals surface area contributed by atoms with Crippen molar-refractivity contribution in [3.05, 3.63) is 17.3 Å². The molecule has 94 valence electrons. The van der Waals surface area contributed by atoms with E-state index in [2.05, 4.69) is 9.88 Å². The fourth-order valence-corrected chi connectivity index (χ4v) is 2.35. The van der Waals surface area contributed by atoms with Crippen molar-refractivity contribution in [1.29, 1.82) is 0 Å². The monoisotopic (exact) mass is 255 g/mol. The lowest BCUT2D eigenvalue weighted by Crippen LogP contribution is -2.29. The molecule has 0 amide bonds. The minimum absolute atomic E-state index is 0.549. The highest BCUT2D eigenvalue weighted by molar-refractivity contribution is 6.30. The molecule has 1 aliphatic rings. The average molecular weight is 256 g/mol. The lowest BCUT2D eigenvalue weighted by atomic mass is 9.98. The number of halogens is 1. The summed E-state index contributed by atoms with van der Waals surface area (Å²) in [4.78, 5) is 6.40. The van der Waals surface area contributed by atoms with Gasteiger partial charge in [-0.05, 0) is 32.3 Å². The van der Waals surface area contributed by atoms with Crippen LogP contribution in [0.15, 0.2) is 12.3 Å². The predicted octanol–water partition coefficient (Wildman–Crippen LogP) is 2.06. The van der Waals surface area contributed by atoms with Crippen molar-refractivity contribution in [1.82, 2.24) is 4.98 Å². The highest BCUT2D eigenvalue weighted by atomic mass is 35.5. The third-order valence-electron chi connectivity index (χ3n) is 3.22. The van der Waals surface area contributed by atoms with Gasteiger partial charge in [0.2, 0.25) is 0 Å². The van der Waals surface area contributed by atoms with Crippen LogP contribution in [0.3, 0.4) is 0 Å². The molecule has 0 spiro atoms. The molecule has 17 heavy (non-hydrogen) atoms. The Morgan fingerprint density at radius 3 is 2.94 bits per heavy atom. The fourth-order valence-electron chi connectivity index (χ4n) is 2.19. The molecule has 3 N–H and O–H groups in total. The lowest BCUT2D eigenvalue weighted by Gasteiger charge is -2.24. The smallest absolute Gasteiger partial charge is 0.151 e. The summed E-state index contributed by atoms with van der Waals surface area (Å²) in [6.07, 6.45) is 4.10. The second-order valence-electron chi connectivity index (χ2n) is 4.90. The maximum absolute atomic E-state index is 10.0. The second-order valence-corrected chi connectivity index (χ2v) is 5.34. The molecule has 0 aliphatic carbocycles. The zero-order chi connectivity index (χ0) is 12.5. The summed E-state index contributed by atoms with van der Waals surface area (Å²) in [6.45, 7) is 3.52. The average Bonchev–Trinajstić information content (AvgIpc) is 2.40. The Morgan fingerprint density at radius 1 is 1.47 bits per heavy atom. The van der Waals surface area contributed by atoms with Crippen molar-refractivity contribution in [2.24, 2.45) is 0 Å². The SMILES string of the molecule is CC1(O)CCCN(c2ncc(Cl)cc2N)CC1. The number of rotatable bonds is 1. The molecule has 4 nitrogen and oxygen atoms in total. The molecule has 1 aromatic rings. The number of hydrogen-bond acceptors (Lipinski definition) is 4. The molecule has 1 aliphatic heterocycles. The molecule has 1 atom stereocenters. The van der Waals surface area contributed by atoms with Gasteiger partial charge in [0.15, 0.2) is 5.82 Å². The summed E-state index contributed by atoms with van der Waals surface area (Å²) in [5.41, 5.74) is 5.94. The molecule has 5 heteroatoms. The summed E-state index contributed by atoms with van der Waals surface area (Å²) in [7, 11) is 0. The number of aliphatic hydroxyl groups is 1. The summed E-state index contributed by atoms with van der Waals surface area (Å²) in [5.74, 6) is 0.770. The van der Waals surface area contributed by atoms with Gasteiger partial charge in [-0.15, -0.1) is 0 Å². The van der Waals surface area contributed by atoms with Crippen molar-refractivity contribution in [2.75, 3.05) is 23.7 Å². The van der Waals surface area contributed by atoms with E-state index in [1.54, 1.807) is 12.3 Å². The first-order valence-corrected chi connectivity index (χ1v) is 6.24. The maximum Gasteiger partial charge on any atom is 0.151 e. The molecule has 0 radical (unpaired) electrons. The van der Waals surface area contributed by atoms with Gasteiger partial charge in [-0.3, -0.25) is 0 Å². The first-order valence-electron chi connectivity index (χ1n) is 5.86. The van der Waals surface area contributed by atoms with E-state index in [1.165, 1.54) is 0 Å². The zero-order valence-electron chi connectivity index (χ0n) is 9.99. The van der Waals surface area contributed by atoms with Crippen LogP contribution in [-0.2, 0) is 0 Å². The van der Waals surface area contributed by atoms with Crippen molar-refractivity contribution in [3.8, 4) is 0 Å². The Hall–Kier alpha value is -1.00. The fraction of sp³-hybridized carbons (Fsp3) is 0.583. The van der Waals surface area contributed by atoms with E-state index in [-0.39, 0.29) is 0 Å². The Labute approximate surface area is 106 Å². The Bertz CT molecular complexity index is 409. The van der Waals surface area contributed by atoms with Gasteiger partial charge in [0, 0.05) is 19.3 Å².